The van der Waals surface area contributed by atoms with Crippen LogP contribution in [-0.4, -0.2) is 17.7 Å². The van der Waals surface area contributed by atoms with Gasteiger partial charge in [0.15, 0.2) is 0 Å². The number of benzene rings is 1. The Balaban J connectivity index is 2.19. The number of allylic oxidation sites excluding steroid dienone is 1. The van der Waals surface area contributed by atoms with Crippen LogP contribution in [0.4, 0.5) is 0 Å². The second-order valence-electron chi connectivity index (χ2n) is 4.17. The van der Waals surface area contributed by atoms with Crippen LogP contribution in [0.25, 0.3) is 6.08 Å². The minimum absolute atomic E-state index is 0.651. The van der Waals surface area contributed by atoms with E-state index in [0.717, 1.165) is 0 Å². The summed E-state index contributed by atoms with van der Waals surface area (Å²) < 4.78 is 0.651. The average molecular weight is 178 g/mol. The molecule has 0 heterocycles. The van der Waals surface area contributed by atoms with E-state index in [2.05, 4.69) is 55.0 Å². The molecule has 0 nitrogen and oxygen atoms in total. The molecule has 14 heavy (non-hydrogen) atoms. The molecule has 68 valence electrons. The molecule has 0 bridgehead atoms. The maximum atomic E-state index is 2.38. The molecule has 2 rings (SSSR count). The first-order valence-corrected chi connectivity index (χ1v) is 5.62. The molecule has 0 amide bonds. The van der Waals surface area contributed by atoms with Crippen molar-refractivity contribution >= 4 is 23.8 Å². The summed E-state index contributed by atoms with van der Waals surface area (Å²) in [6, 6.07) is 8.76. The van der Waals surface area contributed by atoms with Crippen molar-refractivity contribution in [2.75, 3.05) is 0 Å². The summed E-state index contributed by atoms with van der Waals surface area (Å²) in [5.74, 6) is 0. The molecule has 1 aliphatic rings. The number of fused-ring (bicyclic) bond motifs is 1. The normalized spacial score (nSPS) is 19.4. The predicted octanol–water partition coefficient (Wildman–Crippen LogP) is 3.48. The van der Waals surface area contributed by atoms with Gasteiger partial charge in [-0.1, -0.05) is 0 Å². The summed E-state index contributed by atoms with van der Waals surface area (Å²) in [5, 5.41) is 0. The average Bonchev–Trinajstić information content (AvgIpc) is 2.54. The van der Waals surface area contributed by atoms with Gasteiger partial charge in [-0.3, -0.25) is 0 Å². The molecule has 1 aliphatic carbocycles. The van der Waals surface area contributed by atoms with Crippen molar-refractivity contribution in [3.05, 3.63) is 41.0 Å². The van der Waals surface area contributed by atoms with E-state index in [1.54, 1.807) is 5.57 Å². The second-order valence-corrected chi connectivity index (χ2v) is 4.17. The molecule has 1 unspecified atom stereocenters. The zero-order valence-corrected chi connectivity index (χ0v) is 9.09. The fraction of sp³-hybridized carbons (Fsp3) is 0.385. The van der Waals surface area contributed by atoms with Gasteiger partial charge in [0.25, 0.3) is 0 Å². The predicted molar refractivity (Wildman–Crippen MR) is 62.4 cm³/mol. The van der Waals surface area contributed by atoms with Gasteiger partial charge >= 0.3 is 95.5 Å². The van der Waals surface area contributed by atoms with Crippen LogP contribution in [0.1, 0.15) is 41.9 Å². The molecular formula is C13H15Li. The van der Waals surface area contributed by atoms with Crippen LogP contribution in [-0.2, 0) is 0 Å². The molecule has 1 aromatic rings. The first-order chi connectivity index (χ1) is 6.83. The van der Waals surface area contributed by atoms with E-state index in [4.69, 9.17) is 0 Å². The standard InChI is InChI=1S/C13H15.Li/c1-2-3-6-11-9-12-7-4-5-8-13(12)10-11;/h4-5,7-10H,2-3,6H2,1H3;. The fourth-order valence-corrected chi connectivity index (χ4v) is 2.23. The van der Waals surface area contributed by atoms with Crippen LogP contribution in [0.3, 0.4) is 0 Å². The van der Waals surface area contributed by atoms with E-state index in [1.807, 2.05) is 0 Å². The Labute approximate surface area is 95.6 Å². The molecule has 1 atom stereocenters. The Morgan fingerprint density at radius 3 is 2.79 bits per heavy atom. The van der Waals surface area contributed by atoms with Gasteiger partial charge < -0.3 is 0 Å². The van der Waals surface area contributed by atoms with Gasteiger partial charge in [-0.2, -0.15) is 0 Å². The first kappa shape index (κ1) is 10.1. The molecule has 0 radical (unpaired) electrons. The van der Waals surface area contributed by atoms with E-state index >= 15 is 0 Å². The van der Waals surface area contributed by atoms with Gasteiger partial charge in [-0.05, 0) is 0 Å². The third-order valence-corrected chi connectivity index (χ3v) is 3.18. The number of hydrogen-bond donors (Lipinski definition) is 0. The van der Waals surface area contributed by atoms with E-state index in [1.165, 1.54) is 30.4 Å². The monoisotopic (exact) mass is 178 g/mol. The quantitative estimate of drug-likeness (QED) is 0.621. The summed E-state index contributed by atoms with van der Waals surface area (Å²) in [4.78, 5) is 0. The fourth-order valence-electron chi connectivity index (χ4n) is 2.23. The van der Waals surface area contributed by atoms with Gasteiger partial charge in [0, 0.05) is 0 Å². The van der Waals surface area contributed by atoms with Crippen LogP contribution in [0.15, 0.2) is 29.8 Å². The van der Waals surface area contributed by atoms with Crippen LogP contribution >= 0.6 is 0 Å². The summed E-state index contributed by atoms with van der Waals surface area (Å²) in [6.07, 6.45) is 6.27. The van der Waals surface area contributed by atoms with Crippen molar-refractivity contribution in [3.8, 4) is 0 Å². The minimum atomic E-state index is 0.651. The van der Waals surface area contributed by atoms with E-state index in [9.17, 15) is 0 Å². The van der Waals surface area contributed by atoms with Crippen molar-refractivity contribution in [1.82, 2.24) is 0 Å². The molecule has 1 aromatic carbocycles. The molecule has 0 aliphatic heterocycles. The molecule has 0 aromatic heterocycles. The zero-order valence-electron chi connectivity index (χ0n) is 9.09. The Kier molecular flexibility index (Phi) is 3.16. The van der Waals surface area contributed by atoms with Gasteiger partial charge in [-0.15, -0.1) is 0 Å². The van der Waals surface area contributed by atoms with Gasteiger partial charge in [-0.25, -0.2) is 0 Å². The Bertz CT molecular complexity index is 352. The topological polar surface area (TPSA) is 0 Å². The van der Waals surface area contributed by atoms with E-state index < -0.39 is 0 Å². The Morgan fingerprint density at radius 2 is 2.07 bits per heavy atom. The van der Waals surface area contributed by atoms with Crippen LogP contribution in [0.2, 0.25) is 0 Å². The van der Waals surface area contributed by atoms with E-state index in [-0.39, 0.29) is 0 Å². The van der Waals surface area contributed by atoms with E-state index in [0.29, 0.717) is 4.59 Å². The van der Waals surface area contributed by atoms with Gasteiger partial charge in [0.05, 0.1) is 0 Å². The summed E-state index contributed by atoms with van der Waals surface area (Å²) in [6.45, 7) is 2.26. The second kappa shape index (κ2) is 4.39. The third kappa shape index (κ3) is 1.83. The molecular weight excluding hydrogens is 163 g/mol. The molecule has 1 heteroatoms. The van der Waals surface area contributed by atoms with Crippen LogP contribution in [0, 0.1) is 0 Å². The maximum absolute atomic E-state index is 2.38. The van der Waals surface area contributed by atoms with Crippen LogP contribution in [0.5, 0.6) is 0 Å². The number of unbranched alkanes of at least 4 members (excludes halogenated alkanes) is 1. The van der Waals surface area contributed by atoms with Gasteiger partial charge in [0.2, 0.25) is 0 Å². The third-order valence-electron chi connectivity index (χ3n) is 3.18. The summed E-state index contributed by atoms with van der Waals surface area (Å²) in [7, 11) is 0. The van der Waals surface area contributed by atoms with Crippen molar-refractivity contribution in [2.45, 2.75) is 30.8 Å². The molecule has 0 saturated carbocycles. The molecule has 0 N–H and O–H groups in total. The Hall–Kier alpha value is -0.443. The number of rotatable bonds is 3. The van der Waals surface area contributed by atoms with Crippen LogP contribution < -0.4 is 0 Å². The molecule has 0 fully saturated rings. The molecule has 0 spiro atoms. The summed E-state index contributed by atoms with van der Waals surface area (Å²) >= 11 is 2.33. The van der Waals surface area contributed by atoms with Crippen molar-refractivity contribution < 1.29 is 0 Å². The Morgan fingerprint density at radius 1 is 1.29 bits per heavy atom. The SMILES string of the molecule is [Li][CH]1C(CCCC)=Cc2ccccc21. The van der Waals surface area contributed by atoms with Crippen molar-refractivity contribution in [1.29, 1.82) is 0 Å². The first-order valence-electron chi connectivity index (χ1n) is 5.62. The number of hydrogen-bond acceptors (Lipinski definition) is 0. The van der Waals surface area contributed by atoms with Crippen molar-refractivity contribution in [3.63, 3.8) is 0 Å². The molecule has 0 saturated heterocycles. The zero-order chi connectivity index (χ0) is 9.97. The van der Waals surface area contributed by atoms with Crippen molar-refractivity contribution in [2.24, 2.45) is 0 Å². The summed E-state index contributed by atoms with van der Waals surface area (Å²) in [5.41, 5.74) is 4.57. The van der Waals surface area contributed by atoms with Gasteiger partial charge in [0.1, 0.15) is 0 Å².